The number of aromatic hydroxyl groups is 1. The zero-order chi connectivity index (χ0) is 18.1. The first kappa shape index (κ1) is 17.1. The van der Waals surface area contributed by atoms with E-state index in [1.807, 2.05) is 0 Å². The van der Waals surface area contributed by atoms with Crippen LogP contribution in [-0.2, 0) is 4.79 Å². The molecule has 0 aliphatic heterocycles. The summed E-state index contributed by atoms with van der Waals surface area (Å²) in [5.74, 6) is -2.30. The quantitative estimate of drug-likeness (QED) is 0.644. The molecule has 0 radical (unpaired) electrons. The Balaban J connectivity index is 2.07. The van der Waals surface area contributed by atoms with Crippen molar-refractivity contribution >= 4 is 45.1 Å². The van der Waals surface area contributed by atoms with E-state index in [4.69, 9.17) is 16.7 Å². The molecule has 0 bridgehead atoms. The molecule has 0 fully saturated rings. The van der Waals surface area contributed by atoms with Crippen LogP contribution in [0.1, 0.15) is 17.4 Å². The number of carboxylic acid groups (broad SMARTS) is 1. The van der Waals surface area contributed by atoms with Gasteiger partial charge in [-0.1, -0.05) is 23.7 Å². The van der Waals surface area contributed by atoms with Crippen molar-refractivity contribution in [1.29, 1.82) is 0 Å². The largest absolute Gasteiger partial charge is 0.505 e. The third-order valence-electron chi connectivity index (χ3n) is 3.54. The summed E-state index contributed by atoms with van der Waals surface area (Å²) in [5.41, 5.74) is 0.968. The second kappa shape index (κ2) is 6.66. The monoisotopic (exact) mass is 377 g/mol. The Morgan fingerprint density at radius 2 is 1.96 bits per heavy atom. The molecule has 1 amide bonds. The fourth-order valence-electron chi connectivity index (χ4n) is 2.22. The van der Waals surface area contributed by atoms with E-state index in [9.17, 15) is 14.7 Å². The summed E-state index contributed by atoms with van der Waals surface area (Å²) in [7, 11) is 0. The minimum absolute atomic E-state index is 0.254. The first-order valence-electron chi connectivity index (χ1n) is 7.15. The van der Waals surface area contributed by atoms with Crippen LogP contribution < -0.4 is 5.32 Å². The Morgan fingerprint density at radius 1 is 1.28 bits per heavy atom. The molecule has 0 spiro atoms. The van der Waals surface area contributed by atoms with Crippen molar-refractivity contribution in [3.8, 4) is 17.0 Å². The Labute approximate surface area is 151 Å². The Bertz CT molecular complexity index is 971. The van der Waals surface area contributed by atoms with Crippen LogP contribution in [0, 0.1) is 0 Å². The number of carbonyl (C=O) groups excluding carboxylic acids is 1. The molecule has 7 nitrogen and oxygen atoms in total. The highest BCUT2D eigenvalue weighted by atomic mass is 35.5. The van der Waals surface area contributed by atoms with Gasteiger partial charge >= 0.3 is 5.97 Å². The van der Waals surface area contributed by atoms with Gasteiger partial charge in [-0.25, -0.2) is 4.98 Å². The number of benzene rings is 1. The van der Waals surface area contributed by atoms with E-state index in [0.29, 0.717) is 20.8 Å². The minimum atomic E-state index is -1.19. The summed E-state index contributed by atoms with van der Waals surface area (Å²) < 4.78 is 4.92. The van der Waals surface area contributed by atoms with E-state index in [1.54, 1.807) is 24.3 Å². The lowest BCUT2D eigenvalue weighted by molar-refractivity contribution is -0.138. The van der Waals surface area contributed by atoms with Crippen molar-refractivity contribution in [2.45, 2.75) is 13.0 Å². The minimum Gasteiger partial charge on any atom is -0.505 e. The molecule has 2 heterocycles. The summed E-state index contributed by atoms with van der Waals surface area (Å²) in [6, 6.07) is 5.79. The number of fused-ring (bicyclic) bond motifs is 1. The maximum Gasteiger partial charge on any atom is 0.325 e. The number of aliphatic carboxylic acids is 1. The molecule has 1 aromatic carbocycles. The molecule has 3 aromatic rings. The molecular formula is C16H12ClN3O4S. The summed E-state index contributed by atoms with van der Waals surface area (Å²) in [6.07, 6.45) is 1.42. The molecule has 25 heavy (non-hydrogen) atoms. The highest BCUT2D eigenvalue weighted by molar-refractivity contribution is 7.13. The number of aromatic nitrogens is 2. The number of amides is 1. The van der Waals surface area contributed by atoms with Crippen molar-refractivity contribution in [3.63, 3.8) is 0 Å². The van der Waals surface area contributed by atoms with Gasteiger partial charge in [0.2, 0.25) is 0 Å². The van der Waals surface area contributed by atoms with Gasteiger partial charge in [-0.15, -0.1) is 0 Å². The van der Waals surface area contributed by atoms with Gasteiger partial charge in [0.05, 0.1) is 15.8 Å². The average Bonchev–Trinajstić information content (AvgIpc) is 3.00. The number of rotatable bonds is 4. The predicted molar refractivity (Wildman–Crippen MR) is 94.1 cm³/mol. The van der Waals surface area contributed by atoms with E-state index in [2.05, 4.69) is 14.7 Å². The number of hydrogen-bond acceptors (Lipinski definition) is 6. The van der Waals surface area contributed by atoms with Crippen molar-refractivity contribution < 1.29 is 19.8 Å². The van der Waals surface area contributed by atoms with Gasteiger partial charge in [-0.05, 0) is 30.6 Å². The number of pyridine rings is 1. The summed E-state index contributed by atoms with van der Waals surface area (Å²) in [4.78, 5) is 27.0. The molecule has 3 N–H and O–H groups in total. The fraction of sp³-hybridized carbons (Fsp3) is 0.125. The fourth-order valence-corrected chi connectivity index (χ4v) is 3.12. The molecule has 128 valence electrons. The van der Waals surface area contributed by atoms with Gasteiger partial charge in [0, 0.05) is 16.8 Å². The smallest absolute Gasteiger partial charge is 0.325 e. The van der Waals surface area contributed by atoms with Crippen LogP contribution >= 0.6 is 23.1 Å². The molecule has 3 rings (SSSR count). The van der Waals surface area contributed by atoms with E-state index in [1.165, 1.54) is 13.1 Å². The number of carbonyl (C=O) groups is 2. The van der Waals surface area contributed by atoms with Crippen LogP contribution in [0.4, 0.5) is 0 Å². The summed E-state index contributed by atoms with van der Waals surface area (Å²) >= 11 is 7.02. The second-order valence-electron chi connectivity index (χ2n) is 5.27. The van der Waals surface area contributed by atoms with Gasteiger partial charge in [0.25, 0.3) is 5.91 Å². The number of hydrogen-bond donors (Lipinski definition) is 3. The van der Waals surface area contributed by atoms with Crippen LogP contribution in [-0.4, -0.2) is 37.5 Å². The van der Waals surface area contributed by atoms with Crippen molar-refractivity contribution in [3.05, 3.63) is 41.2 Å². The maximum absolute atomic E-state index is 12.2. The first-order valence-corrected chi connectivity index (χ1v) is 8.30. The van der Waals surface area contributed by atoms with E-state index in [-0.39, 0.29) is 11.4 Å². The highest BCUT2D eigenvalue weighted by Gasteiger charge is 2.23. The maximum atomic E-state index is 12.2. The van der Waals surface area contributed by atoms with Gasteiger partial charge in [0.15, 0.2) is 11.4 Å². The standard InChI is InChI=1S/C16H12ClN3O4S/c1-7(16(23)24)19-15(22)13-14(21)11-10(6-18-13)25-20-12(11)8-2-4-9(17)5-3-8/h2-7,21H,1H3,(H,19,22)(H,23,24)/t7-/m0/s1. The first-order chi connectivity index (χ1) is 11.9. The van der Waals surface area contributed by atoms with E-state index in [0.717, 1.165) is 17.1 Å². The number of nitrogens with zero attached hydrogens (tertiary/aromatic N) is 2. The van der Waals surface area contributed by atoms with E-state index >= 15 is 0 Å². The molecule has 2 aromatic heterocycles. The molecular weight excluding hydrogens is 366 g/mol. The molecule has 0 saturated carbocycles. The second-order valence-corrected chi connectivity index (χ2v) is 6.51. The van der Waals surface area contributed by atoms with Gasteiger partial charge in [-0.3, -0.25) is 9.59 Å². The van der Waals surface area contributed by atoms with E-state index < -0.39 is 17.9 Å². The topological polar surface area (TPSA) is 112 Å². The number of carboxylic acids is 1. The third kappa shape index (κ3) is 3.26. The third-order valence-corrected chi connectivity index (χ3v) is 4.57. The van der Waals surface area contributed by atoms with Crippen LogP contribution in [0.5, 0.6) is 5.75 Å². The average molecular weight is 378 g/mol. The van der Waals surface area contributed by atoms with Gasteiger partial charge < -0.3 is 15.5 Å². The number of nitrogens with one attached hydrogen (secondary N) is 1. The lowest BCUT2D eigenvalue weighted by Crippen LogP contribution is -2.38. The molecule has 9 heteroatoms. The van der Waals surface area contributed by atoms with Crippen molar-refractivity contribution in [2.75, 3.05) is 0 Å². The van der Waals surface area contributed by atoms with Gasteiger partial charge in [0.1, 0.15) is 6.04 Å². The lowest BCUT2D eigenvalue weighted by Gasteiger charge is -2.10. The summed E-state index contributed by atoms with van der Waals surface area (Å²) in [5, 5.41) is 22.6. The molecule has 1 atom stereocenters. The lowest BCUT2D eigenvalue weighted by atomic mass is 10.1. The zero-order valence-electron chi connectivity index (χ0n) is 12.9. The molecule has 0 unspecified atom stereocenters. The Hall–Kier alpha value is -2.71. The van der Waals surface area contributed by atoms with Crippen LogP contribution in [0.2, 0.25) is 5.02 Å². The van der Waals surface area contributed by atoms with Crippen molar-refractivity contribution in [2.24, 2.45) is 0 Å². The Morgan fingerprint density at radius 3 is 2.60 bits per heavy atom. The van der Waals surface area contributed by atoms with Crippen LogP contribution in [0.3, 0.4) is 0 Å². The van der Waals surface area contributed by atoms with Crippen LogP contribution in [0.15, 0.2) is 30.5 Å². The van der Waals surface area contributed by atoms with Gasteiger partial charge in [-0.2, -0.15) is 4.37 Å². The Kier molecular flexibility index (Phi) is 4.56. The molecule has 0 saturated heterocycles. The highest BCUT2D eigenvalue weighted by Crippen LogP contribution is 2.38. The zero-order valence-corrected chi connectivity index (χ0v) is 14.4. The summed E-state index contributed by atoms with van der Waals surface area (Å²) in [6.45, 7) is 1.32. The SMILES string of the molecule is C[C@H](NC(=O)c1ncc2snc(-c3ccc(Cl)cc3)c2c1O)C(=O)O. The molecule has 0 aliphatic carbocycles. The van der Waals surface area contributed by atoms with Crippen LogP contribution in [0.25, 0.3) is 21.3 Å². The normalized spacial score (nSPS) is 12.1. The van der Waals surface area contributed by atoms with Crippen molar-refractivity contribution in [1.82, 2.24) is 14.7 Å². The predicted octanol–water partition coefficient (Wildman–Crippen LogP) is 2.92. The number of halogens is 1. The molecule has 0 aliphatic rings.